The Morgan fingerprint density at radius 3 is 2.56 bits per heavy atom. The molecule has 1 amide bonds. The third-order valence-corrected chi connectivity index (χ3v) is 4.46. The molecule has 0 aliphatic carbocycles. The van der Waals surface area contributed by atoms with Gasteiger partial charge >= 0.3 is 5.97 Å². The first-order valence-electron chi connectivity index (χ1n) is 7.96. The SMILES string of the molecule is Cc1ncccc1OC1(C(=O)O)CCN(C(=O)c2ncoc2C)CC1. The third-order valence-electron chi connectivity index (χ3n) is 4.46. The number of hydrogen-bond acceptors (Lipinski definition) is 6. The summed E-state index contributed by atoms with van der Waals surface area (Å²) in [7, 11) is 0. The van der Waals surface area contributed by atoms with Gasteiger partial charge in [-0.15, -0.1) is 0 Å². The Morgan fingerprint density at radius 2 is 2.00 bits per heavy atom. The van der Waals surface area contributed by atoms with Gasteiger partial charge in [-0.25, -0.2) is 9.78 Å². The molecule has 0 saturated carbocycles. The number of hydrogen-bond donors (Lipinski definition) is 1. The molecule has 1 aliphatic heterocycles. The highest BCUT2D eigenvalue weighted by Crippen LogP contribution is 2.31. The number of aliphatic carboxylic acids is 1. The van der Waals surface area contributed by atoms with Crippen LogP contribution in [-0.4, -0.2) is 50.5 Å². The van der Waals surface area contributed by atoms with Crippen LogP contribution in [-0.2, 0) is 4.79 Å². The van der Waals surface area contributed by atoms with Crippen molar-refractivity contribution in [3.05, 3.63) is 41.9 Å². The van der Waals surface area contributed by atoms with Crippen LogP contribution in [0.3, 0.4) is 0 Å². The van der Waals surface area contributed by atoms with E-state index in [9.17, 15) is 14.7 Å². The molecule has 1 fully saturated rings. The molecule has 0 radical (unpaired) electrons. The number of amides is 1. The van der Waals surface area contributed by atoms with Crippen molar-refractivity contribution in [2.45, 2.75) is 32.3 Å². The van der Waals surface area contributed by atoms with Crippen molar-refractivity contribution in [1.29, 1.82) is 0 Å². The summed E-state index contributed by atoms with van der Waals surface area (Å²) in [4.78, 5) is 34.0. The quantitative estimate of drug-likeness (QED) is 0.901. The number of rotatable bonds is 4. The zero-order valence-corrected chi connectivity index (χ0v) is 14.1. The van der Waals surface area contributed by atoms with Gasteiger partial charge in [0, 0.05) is 32.1 Å². The zero-order chi connectivity index (χ0) is 18.0. The third kappa shape index (κ3) is 3.19. The molecule has 0 aromatic carbocycles. The lowest BCUT2D eigenvalue weighted by Crippen LogP contribution is -2.54. The molecule has 0 bridgehead atoms. The molecule has 1 saturated heterocycles. The average molecular weight is 345 g/mol. The highest BCUT2D eigenvalue weighted by atomic mass is 16.5. The molecule has 132 valence electrons. The standard InChI is InChI=1S/C17H19N3O5/c1-11-13(4-3-7-18-11)25-17(16(22)23)5-8-20(9-6-17)15(21)14-12(2)24-10-19-14/h3-4,7,10H,5-6,8-9H2,1-2H3,(H,22,23). The monoisotopic (exact) mass is 345 g/mol. The molecule has 0 spiro atoms. The van der Waals surface area contributed by atoms with Crippen LogP contribution in [0.25, 0.3) is 0 Å². The van der Waals surface area contributed by atoms with E-state index in [1.165, 1.54) is 6.39 Å². The van der Waals surface area contributed by atoms with Crippen LogP contribution in [0.2, 0.25) is 0 Å². The molecule has 8 heteroatoms. The number of ether oxygens (including phenoxy) is 1. The molecule has 8 nitrogen and oxygen atoms in total. The van der Waals surface area contributed by atoms with Gasteiger partial charge in [0.25, 0.3) is 5.91 Å². The smallest absolute Gasteiger partial charge is 0.348 e. The minimum atomic E-state index is -1.37. The van der Waals surface area contributed by atoms with Gasteiger partial charge in [0.2, 0.25) is 5.60 Å². The largest absolute Gasteiger partial charge is 0.478 e. The first-order chi connectivity index (χ1) is 11.9. The Balaban J connectivity index is 1.75. The number of aromatic nitrogens is 2. The van der Waals surface area contributed by atoms with Crippen molar-refractivity contribution < 1.29 is 23.8 Å². The maximum atomic E-state index is 12.5. The number of aryl methyl sites for hydroxylation is 2. The van der Waals surface area contributed by atoms with Crippen molar-refractivity contribution in [1.82, 2.24) is 14.9 Å². The normalized spacial score (nSPS) is 16.5. The summed E-state index contributed by atoms with van der Waals surface area (Å²) in [5.41, 5.74) is -0.490. The van der Waals surface area contributed by atoms with Crippen molar-refractivity contribution >= 4 is 11.9 Å². The van der Waals surface area contributed by atoms with Crippen LogP contribution in [0, 0.1) is 13.8 Å². The fraction of sp³-hybridized carbons (Fsp3) is 0.412. The minimum Gasteiger partial charge on any atom is -0.478 e. The first-order valence-corrected chi connectivity index (χ1v) is 7.96. The maximum Gasteiger partial charge on any atom is 0.348 e. The van der Waals surface area contributed by atoms with Gasteiger partial charge in [0.15, 0.2) is 12.1 Å². The van der Waals surface area contributed by atoms with Gasteiger partial charge in [0.05, 0.1) is 5.69 Å². The first kappa shape index (κ1) is 16.9. The molecule has 3 rings (SSSR count). The molecule has 1 aliphatic rings. The summed E-state index contributed by atoms with van der Waals surface area (Å²) in [5, 5.41) is 9.72. The van der Waals surface area contributed by atoms with E-state index in [1.807, 2.05) is 0 Å². The topological polar surface area (TPSA) is 106 Å². The lowest BCUT2D eigenvalue weighted by Gasteiger charge is -2.38. The van der Waals surface area contributed by atoms with Gasteiger partial charge in [-0.1, -0.05) is 0 Å². The van der Waals surface area contributed by atoms with Gasteiger partial charge in [-0.05, 0) is 26.0 Å². The maximum absolute atomic E-state index is 12.5. The fourth-order valence-electron chi connectivity index (χ4n) is 2.88. The lowest BCUT2D eigenvalue weighted by molar-refractivity contribution is -0.159. The second-order valence-corrected chi connectivity index (χ2v) is 6.04. The van der Waals surface area contributed by atoms with E-state index in [0.717, 1.165) is 0 Å². The van der Waals surface area contributed by atoms with Crippen LogP contribution < -0.4 is 4.74 Å². The van der Waals surface area contributed by atoms with Gasteiger partial charge in [-0.2, -0.15) is 0 Å². The molecule has 0 unspecified atom stereocenters. The second-order valence-electron chi connectivity index (χ2n) is 6.04. The van der Waals surface area contributed by atoms with Crippen LogP contribution in [0.5, 0.6) is 5.75 Å². The summed E-state index contributed by atoms with van der Waals surface area (Å²) in [6, 6.07) is 3.40. The summed E-state index contributed by atoms with van der Waals surface area (Å²) in [6.45, 7) is 3.95. The van der Waals surface area contributed by atoms with Crippen LogP contribution in [0.1, 0.15) is 34.8 Å². The number of nitrogens with zero attached hydrogens (tertiary/aromatic N) is 3. The highest BCUT2D eigenvalue weighted by molar-refractivity contribution is 5.93. The fourth-order valence-corrected chi connectivity index (χ4v) is 2.88. The van der Waals surface area contributed by atoms with Crippen molar-refractivity contribution in [3.8, 4) is 5.75 Å². The van der Waals surface area contributed by atoms with E-state index in [-0.39, 0.29) is 37.5 Å². The van der Waals surface area contributed by atoms with Crippen LogP contribution in [0.4, 0.5) is 0 Å². The molecular weight excluding hydrogens is 326 g/mol. The lowest BCUT2D eigenvalue weighted by atomic mass is 9.90. The van der Waals surface area contributed by atoms with Crippen LogP contribution >= 0.6 is 0 Å². The molecular formula is C17H19N3O5. The van der Waals surface area contributed by atoms with E-state index < -0.39 is 11.6 Å². The van der Waals surface area contributed by atoms with Gasteiger partial charge in [-0.3, -0.25) is 9.78 Å². The number of pyridine rings is 1. The summed E-state index contributed by atoms with van der Waals surface area (Å²) < 4.78 is 10.9. The predicted octanol–water partition coefficient (Wildman–Crippen LogP) is 1.82. The highest BCUT2D eigenvalue weighted by Gasteiger charge is 2.45. The number of oxazole rings is 1. The number of likely N-dealkylation sites (tertiary alicyclic amines) is 1. The molecule has 0 atom stereocenters. The number of carbonyl (C=O) groups is 2. The van der Waals surface area contributed by atoms with E-state index in [4.69, 9.17) is 9.15 Å². The number of carboxylic acids is 1. The Hall–Kier alpha value is -2.90. The number of carboxylic acid groups (broad SMARTS) is 1. The van der Waals surface area contributed by atoms with Crippen molar-refractivity contribution in [2.75, 3.05) is 13.1 Å². The molecule has 2 aromatic rings. The Morgan fingerprint density at radius 1 is 1.28 bits per heavy atom. The van der Waals surface area contributed by atoms with E-state index in [0.29, 0.717) is 17.2 Å². The molecule has 2 aromatic heterocycles. The average Bonchev–Trinajstić information content (AvgIpc) is 3.03. The van der Waals surface area contributed by atoms with Gasteiger partial charge < -0.3 is 19.2 Å². The zero-order valence-electron chi connectivity index (χ0n) is 14.1. The Bertz CT molecular complexity index is 793. The Labute approximate surface area is 144 Å². The van der Waals surface area contributed by atoms with E-state index in [2.05, 4.69) is 9.97 Å². The van der Waals surface area contributed by atoms with Crippen molar-refractivity contribution in [3.63, 3.8) is 0 Å². The molecule has 25 heavy (non-hydrogen) atoms. The van der Waals surface area contributed by atoms with E-state index >= 15 is 0 Å². The number of carbonyl (C=O) groups excluding carboxylic acids is 1. The number of piperidine rings is 1. The minimum absolute atomic E-state index is 0.180. The van der Waals surface area contributed by atoms with E-state index in [1.54, 1.807) is 37.1 Å². The molecule has 1 N–H and O–H groups in total. The second kappa shape index (κ2) is 6.54. The van der Waals surface area contributed by atoms with Crippen LogP contribution in [0.15, 0.2) is 29.1 Å². The predicted molar refractivity (Wildman–Crippen MR) is 86.3 cm³/mol. The summed E-state index contributed by atoms with van der Waals surface area (Å²) >= 11 is 0. The Kier molecular flexibility index (Phi) is 4.43. The van der Waals surface area contributed by atoms with Crippen molar-refractivity contribution in [2.24, 2.45) is 0 Å². The summed E-state index contributed by atoms with van der Waals surface area (Å²) in [5.74, 6) is -0.414. The summed E-state index contributed by atoms with van der Waals surface area (Å²) in [6.07, 6.45) is 3.21. The van der Waals surface area contributed by atoms with Gasteiger partial charge in [0.1, 0.15) is 11.5 Å². The molecule has 3 heterocycles.